The van der Waals surface area contributed by atoms with Gasteiger partial charge in [-0.2, -0.15) is 0 Å². The molecule has 1 saturated heterocycles. The topological polar surface area (TPSA) is 55.8 Å². The molecule has 0 bridgehead atoms. The van der Waals surface area contributed by atoms with Gasteiger partial charge in [-0.15, -0.1) is 12.4 Å². The Balaban J connectivity index is 0.00000289. The molecule has 1 aliphatic rings. The maximum Gasteiger partial charge on any atom is 0.331 e. The summed E-state index contributed by atoms with van der Waals surface area (Å²) in [6.45, 7) is 3.28. The van der Waals surface area contributed by atoms with E-state index in [1.54, 1.807) is 0 Å². The molecule has 0 amide bonds. The smallest absolute Gasteiger partial charge is 0.331 e. The first-order valence-corrected chi connectivity index (χ1v) is 5.87. The van der Waals surface area contributed by atoms with E-state index in [0.29, 0.717) is 6.61 Å². The van der Waals surface area contributed by atoms with Crippen molar-refractivity contribution in [3.8, 4) is 0 Å². The summed E-state index contributed by atoms with van der Waals surface area (Å²) in [4.78, 5) is 24.2. The molecule has 0 aromatic heterocycles. The van der Waals surface area contributed by atoms with Crippen molar-refractivity contribution in [3.63, 3.8) is 0 Å². The highest BCUT2D eigenvalue weighted by atomic mass is 35.5. The summed E-state index contributed by atoms with van der Waals surface area (Å²) in [5.41, 5.74) is 0. The summed E-state index contributed by atoms with van der Waals surface area (Å²) in [5.74, 6) is -1.06. The van der Waals surface area contributed by atoms with Crippen LogP contribution in [0.4, 0.5) is 0 Å². The van der Waals surface area contributed by atoms with Crippen LogP contribution < -0.4 is 0 Å². The minimum Gasteiger partial charge on any atom is -0.466 e. The number of hydrogen-bond donors (Lipinski definition) is 0. The minimum absolute atomic E-state index is 0. The van der Waals surface area contributed by atoms with Crippen LogP contribution in [0.3, 0.4) is 0 Å². The van der Waals surface area contributed by atoms with E-state index in [4.69, 9.17) is 4.74 Å². The Morgan fingerprint density at radius 2 is 1.72 bits per heavy atom. The summed E-state index contributed by atoms with van der Waals surface area (Å²) < 4.78 is 9.32. The number of hydrogen-bond acceptors (Lipinski definition) is 5. The van der Waals surface area contributed by atoms with Crippen LogP contribution in [-0.4, -0.2) is 50.2 Å². The van der Waals surface area contributed by atoms with Crippen molar-refractivity contribution in [2.24, 2.45) is 0 Å². The van der Waals surface area contributed by atoms with E-state index < -0.39 is 11.9 Å². The summed E-state index contributed by atoms with van der Waals surface area (Å²) in [6, 6.07) is 0. The average Bonchev–Trinajstić information content (AvgIpc) is 2.37. The van der Waals surface area contributed by atoms with E-state index in [1.165, 1.54) is 26.4 Å². The third-order valence-corrected chi connectivity index (χ3v) is 2.66. The monoisotopic (exact) mass is 277 g/mol. The predicted molar refractivity (Wildman–Crippen MR) is 69.7 cm³/mol. The Bertz CT molecular complexity index is 288. The molecule has 104 valence electrons. The summed E-state index contributed by atoms with van der Waals surface area (Å²) >= 11 is 0. The van der Waals surface area contributed by atoms with E-state index in [9.17, 15) is 9.59 Å². The number of carbonyl (C=O) groups is 2. The Kier molecular flexibility index (Phi) is 9.32. The van der Waals surface area contributed by atoms with Gasteiger partial charge in [0.25, 0.3) is 0 Å². The van der Waals surface area contributed by atoms with Gasteiger partial charge in [0, 0.05) is 18.7 Å². The lowest BCUT2D eigenvalue weighted by Gasteiger charge is -2.25. The van der Waals surface area contributed by atoms with Gasteiger partial charge in [0.1, 0.15) is 6.61 Å². The van der Waals surface area contributed by atoms with E-state index >= 15 is 0 Å². The SMILES string of the molecule is COC(=O)/C=C/C(=O)OCCN1CCCCC1.Cl. The first kappa shape index (κ1) is 16.9. The van der Waals surface area contributed by atoms with Crippen molar-refractivity contribution in [1.29, 1.82) is 0 Å². The van der Waals surface area contributed by atoms with Crippen LogP contribution in [0.25, 0.3) is 0 Å². The lowest BCUT2D eigenvalue weighted by atomic mass is 10.1. The third kappa shape index (κ3) is 7.29. The number of halogens is 1. The molecular weight excluding hydrogens is 258 g/mol. The maximum absolute atomic E-state index is 11.2. The standard InChI is InChI=1S/C12H19NO4.ClH/c1-16-11(14)5-6-12(15)17-10-9-13-7-3-2-4-8-13;/h5-6H,2-4,7-10H2,1H3;1H/b6-5+;. The van der Waals surface area contributed by atoms with Gasteiger partial charge in [0.15, 0.2) is 0 Å². The highest BCUT2D eigenvalue weighted by Crippen LogP contribution is 2.07. The van der Waals surface area contributed by atoms with Crippen LogP contribution in [0.15, 0.2) is 12.2 Å². The molecule has 1 aliphatic heterocycles. The quantitative estimate of drug-likeness (QED) is 0.558. The molecule has 0 aromatic rings. The zero-order valence-corrected chi connectivity index (χ0v) is 11.4. The van der Waals surface area contributed by atoms with E-state index in [2.05, 4.69) is 9.64 Å². The van der Waals surface area contributed by atoms with Crippen LogP contribution in [0.2, 0.25) is 0 Å². The Hall–Kier alpha value is -1.07. The first-order chi connectivity index (χ1) is 8.22. The minimum atomic E-state index is -0.557. The van der Waals surface area contributed by atoms with Gasteiger partial charge in [-0.3, -0.25) is 4.90 Å². The number of rotatable bonds is 5. The fourth-order valence-electron chi connectivity index (χ4n) is 1.71. The molecule has 0 spiro atoms. The molecule has 18 heavy (non-hydrogen) atoms. The molecule has 0 atom stereocenters. The highest BCUT2D eigenvalue weighted by Gasteiger charge is 2.09. The fraction of sp³-hybridized carbons (Fsp3) is 0.667. The largest absolute Gasteiger partial charge is 0.466 e. The van der Waals surface area contributed by atoms with Crippen molar-refractivity contribution in [2.45, 2.75) is 19.3 Å². The molecule has 0 unspecified atom stereocenters. The van der Waals surface area contributed by atoms with Gasteiger partial charge in [-0.05, 0) is 25.9 Å². The molecule has 1 heterocycles. The number of carbonyl (C=O) groups excluding carboxylic acids is 2. The number of piperidine rings is 1. The van der Waals surface area contributed by atoms with Gasteiger partial charge in [-0.25, -0.2) is 9.59 Å². The van der Waals surface area contributed by atoms with Crippen molar-refractivity contribution in [1.82, 2.24) is 4.90 Å². The highest BCUT2D eigenvalue weighted by molar-refractivity contribution is 5.91. The molecular formula is C12H20ClNO4. The van der Waals surface area contributed by atoms with Crippen molar-refractivity contribution in [3.05, 3.63) is 12.2 Å². The van der Waals surface area contributed by atoms with Gasteiger partial charge >= 0.3 is 11.9 Å². The van der Waals surface area contributed by atoms with Crippen molar-refractivity contribution < 1.29 is 19.1 Å². The summed E-state index contributed by atoms with van der Waals surface area (Å²) in [6.07, 6.45) is 5.87. The number of ether oxygens (including phenoxy) is 2. The Morgan fingerprint density at radius 1 is 1.11 bits per heavy atom. The van der Waals surface area contributed by atoms with E-state index in [-0.39, 0.29) is 12.4 Å². The zero-order valence-electron chi connectivity index (χ0n) is 10.6. The molecule has 6 heteroatoms. The normalized spacial score (nSPS) is 16.1. The van der Waals surface area contributed by atoms with Gasteiger partial charge in [0.2, 0.25) is 0 Å². The molecule has 0 aromatic carbocycles. The number of nitrogens with zero attached hydrogens (tertiary/aromatic N) is 1. The molecule has 0 aliphatic carbocycles. The molecule has 0 radical (unpaired) electrons. The predicted octanol–water partition coefficient (Wildman–Crippen LogP) is 1.17. The van der Waals surface area contributed by atoms with Crippen molar-refractivity contribution in [2.75, 3.05) is 33.4 Å². The molecule has 5 nitrogen and oxygen atoms in total. The maximum atomic E-state index is 11.2. The number of likely N-dealkylation sites (tertiary alicyclic amines) is 1. The van der Waals surface area contributed by atoms with Crippen molar-refractivity contribution >= 4 is 24.3 Å². The van der Waals surface area contributed by atoms with Gasteiger partial charge < -0.3 is 9.47 Å². The second-order valence-corrected chi connectivity index (χ2v) is 3.93. The molecule has 0 N–H and O–H groups in total. The Labute approximate surface area is 114 Å². The zero-order chi connectivity index (χ0) is 12.5. The lowest BCUT2D eigenvalue weighted by molar-refractivity contribution is -0.139. The van der Waals surface area contributed by atoms with E-state index in [1.807, 2.05) is 0 Å². The van der Waals surface area contributed by atoms with E-state index in [0.717, 1.165) is 31.8 Å². The lowest BCUT2D eigenvalue weighted by Crippen LogP contribution is -2.33. The third-order valence-electron chi connectivity index (χ3n) is 2.66. The number of esters is 2. The van der Waals surface area contributed by atoms with Gasteiger partial charge in [-0.1, -0.05) is 6.42 Å². The molecule has 1 rings (SSSR count). The van der Waals surface area contributed by atoms with Crippen LogP contribution in [-0.2, 0) is 19.1 Å². The second-order valence-electron chi connectivity index (χ2n) is 3.93. The number of methoxy groups -OCH3 is 1. The second kappa shape index (κ2) is 9.91. The molecule has 1 fully saturated rings. The van der Waals surface area contributed by atoms with Crippen LogP contribution >= 0.6 is 12.4 Å². The first-order valence-electron chi connectivity index (χ1n) is 5.87. The van der Waals surface area contributed by atoms with Gasteiger partial charge in [0.05, 0.1) is 7.11 Å². The molecule has 0 saturated carbocycles. The average molecular weight is 278 g/mol. The summed E-state index contributed by atoms with van der Waals surface area (Å²) in [5, 5.41) is 0. The van der Waals surface area contributed by atoms with Crippen LogP contribution in [0.5, 0.6) is 0 Å². The summed E-state index contributed by atoms with van der Waals surface area (Å²) in [7, 11) is 1.26. The Morgan fingerprint density at radius 3 is 2.33 bits per heavy atom. The van der Waals surface area contributed by atoms with Crippen LogP contribution in [0.1, 0.15) is 19.3 Å². The van der Waals surface area contributed by atoms with Crippen LogP contribution in [0, 0.1) is 0 Å². The fourth-order valence-corrected chi connectivity index (χ4v) is 1.71.